The van der Waals surface area contributed by atoms with Gasteiger partial charge in [-0.1, -0.05) is 37.6 Å². The second-order valence-corrected chi connectivity index (χ2v) is 4.60. The van der Waals surface area contributed by atoms with E-state index in [4.69, 9.17) is 5.84 Å². The summed E-state index contributed by atoms with van der Waals surface area (Å²) in [5, 5.41) is 0. The van der Waals surface area contributed by atoms with E-state index in [2.05, 4.69) is 30.4 Å². The van der Waals surface area contributed by atoms with Gasteiger partial charge in [-0.25, -0.2) is 5.84 Å². The van der Waals surface area contributed by atoms with E-state index in [1.807, 2.05) is 18.2 Å². The second-order valence-electron chi connectivity index (χ2n) is 4.60. The number of hydrazine groups is 1. The average Bonchev–Trinajstić information content (AvgIpc) is 2.38. The molecular weight excluding hydrogens is 226 g/mol. The molecule has 0 saturated heterocycles. The minimum atomic E-state index is -0.154. The number of nitrogens with zero attached hydrogens (tertiary/aromatic N) is 1. The number of nitrogens with two attached hydrogens (primary N) is 1. The van der Waals surface area contributed by atoms with Crippen LogP contribution in [0, 0.1) is 0 Å². The van der Waals surface area contributed by atoms with Gasteiger partial charge in [0.05, 0.1) is 6.42 Å². The van der Waals surface area contributed by atoms with Crippen LogP contribution in [0.25, 0.3) is 0 Å². The minimum Gasteiger partial charge on any atom is -0.302 e. The van der Waals surface area contributed by atoms with Gasteiger partial charge in [-0.15, -0.1) is 0 Å². The summed E-state index contributed by atoms with van der Waals surface area (Å²) in [5.41, 5.74) is 4.42. The molecule has 18 heavy (non-hydrogen) atoms. The fraction of sp³-hybridized carbons (Fsp3) is 0.500. The molecule has 0 spiro atoms. The lowest BCUT2D eigenvalue weighted by Gasteiger charge is -2.18. The summed E-state index contributed by atoms with van der Waals surface area (Å²) in [7, 11) is 2.11. The number of nitrogens with one attached hydrogen (secondary N) is 1. The number of amides is 1. The number of benzene rings is 1. The molecule has 100 valence electrons. The summed E-state index contributed by atoms with van der Waals surface area (Å²) in [4.78, 5) is 13.6. The van der Waals surface area contributed by atoms with Crippen LogP contribution in [-0.2, 0) is 17.8 Å². The zero-order valence-corrected chi connectivity index (χ0v) is 11.3. The first kappa shape index (κ1) is 14.7. The van der Waals surface area contributed by atoms with Crippen LogP contribution in [0.5, 0.6) is 0 Å². The van der Waals surface area contributed by atoms with E-state index < -0.39 is 0 Å². The molecule has 0 bridgehead atoms. The third-order valence-electron chi connectivity index (χ3n) is 2.96. The van der Waals surface area contributed by atoms with Gasteiger partial charge >= 0.3 is 0 Å². The predicted octanol–water partition coefficient (Wildman–Crippen LogP) is 1.45. The first-order chi connectivity index (χ1) is 8.67. The maximum atomic E-state index is 11.3. The molecule has 3 N–H and O–H groups in total. The third-order valence-corrected chi connectivity index (χ3v) is 2.96. The van der Waals surface area contributed by atoms with Gasteiger partial charge in [0.2, 0.25) is 5.91 Å². The molecule has 0 aliphatic rings. The first-order valence-electron chi connectivity index (χ1n) is 6.42. The van der Waals surface area contributed by atoms with Crippen molar-refractivity contribution in [3.8, 4) is 0 Å². The molecule has 0 radical (unpaired) electrons. The second kappa shape index (κ2) is 7.84. The smallest absolute Gasteiger partial charge is 0.238 e. The van der Waals surface area contributed by atoms with Crippen molar-refractivity contribution in [3.05, 3.63) is 35.4 Å². The highest BCUT2D eigenvalue weighted by Gasteiger charge is 2.08. The Kier molecular flexibility index (Phi) is 6.39. The van der Waals surface area contributed by atoms with Crippen LogP contribution >= 0.6 is 0 Å². The zero-order valence-electron chi connectivity index (χ0n) is 11.3. The molecule has 0 aliphatic carbocycles. The number of hydrogen-bond acceptors (Lipinski definition) is 3. The lowest BCUT2D eigenvalue weighted by Crippen LogP contribution is -2.32. The standard InChI is InChI=1S/C14H23N3O/c1-3-4-9-17(2)11-13-8-6-5-7-12(13)10-14(18)16-15/h5-8H,3-4,9-11,15H2,1-2H3,(H,16,18). The van der Waals surface area contributed by atoms with Gasteiger partial charge in [0.25, 0.3) is 0 Å². The molecule has 0 aliphatic heterocycles. The van der Waals surface area contributed by atoms with E-state index in [-0.39, 0.29) is 5.91 Å². The maximum Gasteiger partial charge on any atom is 0.238 e. The van der Waals surface area contributed by atoms with Gasteiger partial charge in [-0.3, -0.25) is 10.2 Å². The molecule has 1 aromatic carbocycles. The van der Waals surface area contributed by atoms with E-state index in [1.54, 1.807) is 0 Å². The molecule has 0 fully saturated rings. The van der Waals surface area contributed by atoms with Crippen LogP contribution < -0.4 is 11.3 Å². The van der Waals surface area contributed by atoms with Crippen LogP contribution in [0.15, 0.2) is 24.3 Å². The molecule has 4 heteroatoms. The Hall–Kier alpha value is -1.39. The van der Waals surface area contributed by atoms with Crippen LogP contribution in [0.3, 0.4) is 0 Å². The van der Waals surface area contributed by atoms with E-state index in [0.717, 1.165) is 18.7 Å². The number of unbranched alkanes of at least 4 members (excludes halogenated alkanes) is 1. The van der Waals surface area contributed by atoms with Crippen molar-refractivity contribution >= 4 is 5.91 Å². The maximum absolute atomic E-state index is 11.3. The summed E-state index contributed by atoms with van der Waals surface area (Å²) in [6, 6.07) is 8.02. The van der Waals surface area contributed by atoms with Crippen molar-refractivity contribution < 1.29 is 4.79 Å². The molecule has 0 aromatic heterocycles. The van der Waals surface area contributed by atoms with E-state index in [9.17, 15) is 4.79 Å². The van der Waals surface area contributed by atoms with Crippen molar-refractivity contribution in [3.63, 3.8) is 0 Å². The molecule has 0 atom stereocenters. The van der Waals surface area contributed by atoms with Crippen molar-refractivity contribution in [2.75, 3.05) is 13.6 Å². The Bertz CT molecular complexity index is 379. The number of carbonyl (C=O) groups excluding carboxylic acids is 1. The molecule has 4 nitrogen and oxygen atoms in total. The third kappa shape index (κ3) is 4.85. The lowest BCUT2D eigenvalue weighted by atomic mass is 10.0. The average molecular weight is 249 g/mol. The van der Waals surface area contributed by atoms with Crippen molar-refractivity contribution in [2.24, 2.45) is 5.84 Å². The van der Waals surface area contributed by atoms with Gasteiger partial charge in [-0.05, 0) is 31.1 Å². The van der Waals surface area contributed by atoms with Gasteiger partial charge in [0.15, 0.2) is 0 Å². The largest absolute Gasteiger partial charge is 0.302 e. The molecule has 1 aromatic rings. The minimum absolute atomic E-state index is 0.154. The SMILES string of the molecule is CCCCN(C)Cc1ccccc1CC(=O)NN. The highest BCUT2D eigenvalue weighted by molar-refractivity contribution is 5.78. The molecule has 1 amide bonds. The summed E-state index contributed by atoms with van der Waals surface area (Å²) in [5.74, 6) is 4.97. The number of hydrogen-bond donors (Lipinski definition) is 2. The molecule has 0 unspecified atom stereocenters. The summed E-state index contributed by atoms with van der Waals surface area (Å²) >= 11 is 0. The van der Waals surface area contributed by atoms with Crippen LogP contribution in [-0.4, -0.2) is 24.4 Å². The van der Waals surface area contributed by atoms with E-state index in [0.29, 0.717) is 6.42 Å². The Morgan fingerprint density at radius 2 is 2.00 bits per heavy atom. The fourth-order valence-electron chi connectivity index (χ4n) is 1.91. The summed E-state index contributed by atoms with van der Waals surface area (Å²) < 4.78 is 0. The quantitative estimate of drug-likeness (QED) is 0.437. The van der Waals surface area contributed by atoms with Gasteiger partial charge in [0, 0.05) is 6.54 Å². The topological polar surface area (TPSA) is 58.4 Å². The molecule has 0 heterocycles. The number of carbonyl (C=O) groups is 1. The Morgan fingerprint density at radius 1 is 1.33 bits per heavy atom. The lowest BCUT2D eigenvalue weighted by molar-refractivity contribution is -0.120. The van der Waals surface area contributed by atoms with Crippen molar-refractivity contribution in [1.82, 2.24) is 10.3 Å². The van der Waals surface area contributed by atoms with Crippen LogP contribution in [0.2, 0.25) is 0 Å². The van der Waals surface area contributed by atoms with Gasteiger partial charge in [0.1, 0.15) is 0 Å². The first-order valence-corrected chi connectivity index (χ1v) is 6.42. The molecule has 0 saturated carbocycles. The number of rotatable bonds is 7. The Balaban J connectivity index is 2.66. The van der Waals surface area contributed by atoms with Gasteiger partial charge in [-0.2, -0.15) is 0 Å². The highest BCUT2D eigenvalue weighted by Crippen LogP contribution is 2.12. The fourth-order valence-corrected chi connectivity index (χ4v) is 1.91. The predicted molar refractivity (Wildman–Crippen MR) is 73.7 cm³/mol. The molecular formula is C14H23N3O. The van der Waals surface area contributed by atoms with Crippen LogP contribution in [0.4, 0.5) is 0 Å². The zero-order chi connectivity index (χ0) is 13.4. The van der Waals surface area contributed by atoms with E-state index in [1.165, 1.54) is 18.4 Å². The summed E-state index contributed by atoms with van der Waals surface area (Å²) in [6.07, 6.45) is 2.73. The normalized spacial score (nSPS) is 10.7. The van der Waals surface area contributed by atoms with Crippen molar-refractivity contribution in [2.45, 2.75) is 32.7 Å². The monoisotopic (exact) mass is 249 g/mol. The highest BCUT2D eigenvalue weighted by atomic mass is 16.2. The van der Waals surface area contributed by atoms with Crippen molar-refractivity contribution in [1.29, 1.82) is 0 Å². The summed E-state index contributed by atoms with van der Waals surface area (Å²) in [6.45, 7) is 4.13. The van der Waals surface area contributed by atoms with Crippen LogP contribution in [0.1, 0.15) is 30.9 Å². The Labute approximate surface area is 109 Å². The molecule has 1 rings (SSSR count). The Morgan fingerprint density at radius 3 is 2.61 bits per heavy atom. The van der Waals surface area contributed by atoms with Gasteiger partial charge < -0.3 is 4.90 Å². The van der Waals surface area contributed by atoms with E-state index >= 15 is 0 Å².